The Kier molecular flexibility index (Phi) is 27.5. The van der Waals surface area contributed by atoms with E-state index in [-0.39, 0.29) is 41.7 Å². The summed E-state index contributed by atoms with van der Waals surface area (Å²) in [7, 11) is 1.59. The van der Waals surface area contributed by atoms with E-state index in [1.54, 1.807) is 115 Å². The van der Waals surface area contributed by atoms with Crippen molar-refractivity contribution in [2.24, 2.45) is 0 Å². The maximum absolute atomic E-state index is 13.7. The Hall–Kier alpha value is -12.8. The van der Waals surface area contributed by atoms with Gasteiger partial charge in [0.15, 0.2) is 0 Å². The van der Waals surface area contributed by atoms with Crippen molar-refractivity contribution in [3.63, 3.8) is 0 Å². The summed E-state index contributed by atoms with van der Waals surface area (Å²) in [6.45, 7) is 7.85. The minimum Gasteiger partial charge on any atom is -0.497 e. The molecule has 0 atom stereocenters. The number of ether oxygens (including phenoxy) is 3. The van der Waals surface area contributed by atoms with E-state index in [0.29, 0.717) is 70.2 Å². The van der Waals surface area contributed by atoms with Crippen LogP contribution in [-0.2, 0) is 0 Å². The minimum absolute atomic E-state index is 0.0435. The Labute approximate surface area is 816 Å². The number of carbonyl (C=O) groups excluding carboxylic acids is 5. The van der Waals surface area contributed by atoms with E-state index >= 15 is 0 Å². The van der Waals surface area contributed by atoms with Gasteiger partial charge in [0, 0.05) is 102 Å². The average molecular weight is 1940 g/mol. The van der Waals surface area contributed by atoms with Gasteiger partial charge in [-0.05, 0) is 274 Å². The number of para-hydroxylation sites is 5. The van der Waals surface area contributed by atoms with Gasteiger partial charge in [-0.3, -0.25) is 48.5 Å². The normalized spacial score (nSPS) is 12.5. The maximum atomic E-state index is 13.7. The molecule has 656 valence electrons. The lowest BCUT2D eigenvalue weighted by Gasteiger charge is -2.31. The highest BCUT2D eigenvalue weighted by Gasteiger charge is 2.36. The molecule has 0 saturated heterocycles. The van der Waals surface area contributed by atoms with Crippen molar-refractivity contribution in [2.45, 2.75) is 88.9 Å². The number of hydrogen-bond acceptors (Lipinski definition) is 13. The monoisotopic (exact) mass is 1930 g/mol. The standard InChI is InChI=1S/2C23H14ClNOS.2C22H18ClNO2S.C20H14ClNO2S/c24-16-12-13-22-20(14-16)25(19-10-3-4-11-21(19)27-22)23(26)18-9-5-7-15-6-1-2-8-17(15)18;24-18-11-12-22-20(14-18)25(19-7-3-4-8-21(19)27-22)23(26)17-10-9-15-5-1-2-6-16(15)13-17;2*1-14(2)26-17-7-5-6-15(12-17)22(25)24-18-8-3-4-9-20(18)27-21-11-10-16(23)13-19(21)24;1-24-15-6-4-5-13(11-15)20(23)22-16-7-2-3-8-18(16)25-19-10-9-14(21)12-17(19)22/h2*1-14H;2*3-14H,1-2H3;2-12H,1H3. The number of hydrogen-bond donors (Lipinski definition) is 0. The Morgan fingerprint density at radius 3 is 0.835 bits per heavy atom. The highest BCUT2D eigenvalue weighted by Crippen LogP contribution is 2.56. The zero-order valence-electron chi connectivity index (χ0n) is 71.8. The lowest BCUT2D eigenvalue weighted by atomic mass is 10.0. The number of halogens is 5. The van der Waals surface area contributed by atoms with Crippen LogP contribution in [0.3, 0.4) is 0 Å². The van der Waals surface area contributed by atoms with E-state index < -0.39 is 0 Å². The summed E-state index contributed by atoms with van der Waals surface area (Å²) >= 11 is 39.4. The number of rotatable bonds is 10. The molecule has 17 aromatic rings. The first-order chi connectivity index (χ1) is 64.6. The summed E-state index contributed by atoms with van der Waals surface area (Å²) in [5.74, 6) is 1.57. The lowest BCUT2D eigenvalue weighted by Crippen LogP contribution is -2.28. The van der Waals surface area contributed by atoms with Gasteiger partial charge in [-0.25, -0.2) is 0 Å². The first kappa shape index (κ1) is 90.7. The highest BCUT2D eigenvalue weighted by molar-refractivity contribution is 8.00. The van der Waals surface area contributed by atoms with Gasteiger partial charge < -0.3 is 14.2 Å². The molecule has 5 aliphatic heterocycles. The molecule has 0 saturated carbocycles. The quantitative estimate of drug-likeness (QED) is 0.129. The second kappa shape index (κ2) is 40.3. The van der Waals surface area contributed by atoms with Crippen LogP contribution in [0.15, 0.2) is 419 Å². The smallest absolute Gasteiger partial charge is 0.263 e. The molecular formula is C110H78Cl5N5O8S5. The van der Waals surface area contributed by atoms with E-state index in [0.717, 1.165) is 127 Å². The number of fused-ring (bicyclic) bond motifs is 12. The first-order valence-electron chi connectivity index (χ1n) is 42.3. The minimum atomic E-state index is -0.116. The molecule has 0 bridgehead atoms. The van der Waals surface area contributed by atoms with Crippen molar-refractivity contribution in [2.75, 3.05) is 31.6 Å². The van der Waals surface area contributed by atoms with Gasteiger partial charge in [0.25, 0.3) is 29.5 Å². The number of amides is 5. The van der Waals surface area contributed by atoms with E-state index in [2.05, 4.69) is 0 Å². The fraction of sp³-hybridized carbons (Fsp3) is 0.0636. The SMILES string of the molecule is CC(C)Oc1cccc(C(=O)N2c3ccccc3Sc3ccc(Cl)cc32)c1.CC(C)Oc1cccc(C(=O)N2c3ccccc3Sc3ccc(Cl)cc32)c1.COc1cccc(C(=O)N2c3ccccc3Sc3ccc(Cl)cc32)c1.O=C(c1ccc2ccccc2c1)N1c2ccccc2Sc2ccc(Cl)cc21.O=C(c1cccc2ccccc12)N1c2ccccc2Sc2ccc(Cl)cc21. The molecule has 0 unspecified atom stereocenters. The van der Waals surface area contributed by atoms with Crippen LogP contribution in [0.4, 0.5) is 56.9 Å². The van der Waals surface area contributed by atoms with Crippen LogP contribution in [0.1, 0.15) is 79.5 Å². The second-order valence-electron chi connectivity index (χ2n) is 31.3. The third-order valence-corrected chi connectivity index (χ3v) is 28.5. The summed E-state index contributed by atoms with van der Waals surface area (Å²) in [5, 5.41) is 7.20. The molecule has 0 spiro atoms. The summed E-state index contributed by atoms with van der Waals surface area (Å²) in [6, 6.07) is 117. The second-order valence-corrected chi connectivity index (χ2v) is 38.9. The van der Waals surface area contributed by atoms with Crippen LogP contribution in [0.2, 0.25) is 25.1 Å². The largest absolute Gasteiger partial charge is 0.497 e. The molecule has 5 amide bonds. The predicted octanol–water partition coefficient (Wildman–Crippen LogP) is 32.8. The molecule has 0 radical (unpaired) electrons. The molecule has 0 fully saturated rings. The fourth-order valence-corrected chi connectivity index (χ4v) is 21.8. The van der Waals surface area contributed by atoms with Gasteiger partial charge >= 0.3 is 0 Å². The topological polar surface area (TPSA) is 129 Å². The van der Waals surface area contributed by atoms with Crippen molar-refractivity contribution in [3.05, 3.63) is 423 Å². The Morgan fingerprint density at radius 2 is 0.496 bits per heavy atom. The molecule has 13 nitrogen and oxygen atoms in total. The van der Waals surface area contributed by atoms with Crippen LogP contribution in [-0.4, -0.2) is 48.9 Å². The van der Waals surface area contributed by atoms with E-state index in [1.165, 1.54) is 0 Å². The summed E-state index contributed by atoms with van der Waals surface area (Å²) in [5.41, 5.74) is 11.4. The van der Waals surface area contributed by atoms with Crippen molar-refractivity contribution < 1.29 is 38.2 Å². The molecule has 23 heteroatoms. The van der Waals surface area contributed by atoms with Gasteiger partial charge in [-0.2, -0.15) is 0 Å². The van der Waals surface area contributed by atoms with Crippen LogP contribution in [0.5, 0.6) is 17.2 Å². The van der Waals surface area contributed by atoms with E-state index in [1.807, 2.05) is 373 Å². The van der Waals surface area contributed by atoms with Crippen molar-refractivity contribution >= 4 is 225 Å². The molecular weight excluding hydrogens is 1860 g/mol. The zero-order chi connectivity index (χ0) is 92.1. The molecule has 0 aliphatic carbocycles. The summed E-state index contributed by atoms with van der Waals surface area (Å²) in [6.07, 6.45) is 0.0870. The Morgan fingerprint density at radius 1 is 0.233 bits per heavy atom. The molecule has 17 aromatic carbocycles. The van der Waals surface area contributed by atoms with Gasteiger partial charge in [0.1, 0.15) is 17.2 Å². The van der Waals surface area contributed by atoms with Crippen LogP contribution in [0, 0.1) is 0 Å². The van der Waals surface area contributed by atoms with Crippen LogP contribution < -0.4 is 38.7 Å². The van der Waals surface area contributed by atoms with Crippen LogP contribution in [0.25, 0.3) is 21.5 Å². The number of carbonyl (C=O) groups is 5. The Bertz CT molecular complexity index is 7250. The third-order valence-electron chi connectivity index (χ3n) is 21.7. The molecule has 22 rings (SSSR count). The van der Waals surface area contributed by atoms with E-state index in [4.69, 9.17) is 72.2 Å². The fourth-order valence-electron chi connectivity index (χ4n) is 15.8. The van der Waals surface area contributed by atoms with Crippen molar-refractivity contribution in [1.29, 1.82) is 0 Å². The zero-order valence-corrected chi connectivity index (χ0v) is 79.7. The number of benzene rings is 17. The lowest BCUT2D eigenvalue weighted by molar-refractivity contribution is 0.0989. The average Bonchev–Trinajstić information content (AvgIpc) is 0.770. The molecule has 0 aromatic heterocycles. The summed E-state index contributed by atoms with van der Waals surface area (Å²) in [4.78, 5) is 86.6. The van der Waals surface area contributed by atoms with Crippen LogP contribution >= 0.6 is 117 Å². The molecule has 133 heavy (non-hydrogen) atoms. The van der Waals surface area contributed by atoms with E-state index in [9.17, 15) is 24.0 Å². The van der Waals surface area contributed by atoms with Crippen molar-refractivity contribution in [3.8, 4) is 17.2 Å². The Balaban J connectivity index is 0.000000111. The maximum Gasteiger partial charge on any atom is 0.263 e. The van der Waals surface area contributed by atoms with Crippen molar-refractivity contribution in [1.82, 2.24) is 0 Å². The van der Waals surface area contributed by atoms with Gasteiger partial charge in [0.05, 0.1) is 76.2 Å². The van der Waals surface area contributed by atoms with Gasteiger partial charge in [-0.1, -0.05) is 262 Å². The number of nitrogens with zero attached hydrogens (tertiary/aromatic N) is 5. The van der Waals surface area contributed by atoms with Gasteiger partial charge in [0.2, 0.25) is 0 Å². The third kappa shape index (κ3) is 19.7. The molecule has 5 heterocycles. The number of anilines is 10. The highest BCUT2D eigenvalue weighted by atomic mass is 35.5. The number of methoxy groups -OCH3 is 1. The molecule has 5 aliphatic rings. The van der Waals surface area contributed by atoms with Gasteiger partial charge in [-0.15, -0.1) is 0 Å². The predicted molar refractivity (Wildman–Crippen MR) is 548 cm³/mol. The molecule has 0 N–H and O–H groups in total. The summed E-state index contributed by atoms with van der Waals surface area (Å²) < 4.78 is 16.8. The first-order valence-corrected chi connectivity index (χ1v) is 48.3.